The molecule has 204 valence electrons. The number of ketones is 1. The number of allylic oxidation sites excluding steroid dienone is 7. The first-order valence-corrected chi connectivity index (χ1v) is 13.1. The van der Waals surface area contributed by atoms with Crippen molar-refractivity contribution in [3.63, 3.8) is 0 Å². The van der Waals surface area contributed by atoms with E-state index < -0.39 is 7.25 Å². The molecule has 0 atom stereocenters. The van der Waals surface area contributed by atoms with Crippen LogP contribution in [0.3, 0.4) is 0 Å². The van der Waals surface area contributed by atoms with Gasteiger partial charge in [-0.05, 0) is 98.0 Å². The molecule has 0 spiro atoms. The fourth-order valence-electron chi connectivity index (χ4n) is 3.56. The lowest BCUT2D eigenvalue weighted by Gasteiger charge is -2.16. The molecule has 0 bridgehead atoms. The maximum absolute atomic E-state index is 9.75. The standard InChI is InChI=1S/C28H28Cl3O2.BF4/c1-3-32-26(20-8-14-24(29)15-9-20)18-12-22-6-5-7-23(28(22)31)13-19-27(33-4-2)21-10-16-25(30)17-11-21;2-1(3,4)5/h8-19H,3-7H2,1-2H3;/q+1;-1/b18-12+,23-13+,27-19+;. The second-order valence-electron chi connectivity index (χ2n) is 7.99. The quantitative estimate of drug-likeness (QED) is 0.0749. The van der Waals surface area contributed by atoms with Crippen molar-refractivity contribution in [1.29, 1.82) is 0 Å². The predicted octanol–water partition coefficient (Wildman–Crippen LogP) is 10.3. The molecule has 38 heavy (non-hydrogen) atoms. The normalized spacial score (nSPS) is 16.1. The van der Waals surface area contributed by atoms with Gasteiger partial charge in [0.15, 0.2) is 0 Å². The van der Waals surface area contributed by atoms with Gasteiger partial charge in [0, 0.05) is 33.6 Å². The van der Waals surface area contributed by atoms with Crippen LogP contribution in [-0.2, 0) is 4.74 Å². The lowest BCUT2D eigenvalue weighted by atomic mass is 9.93. The second-order valence-corrected chi connectivity index (χ2v) is 9.24. The van der Waals surface area contributed by atoms with Gasteiger partial charge in [-0.2, -0.15) is 0 Å². The lowest BCUT2D eigenvalue weighted by Crippen LogP contribution is -2.02. The third-order valence-corrected chi connectivity index (χ3v) is 6.17. The van der Waals surface area contributed by atoms with Gasteiger partial charge in [0.1, 0.15) is 5.76 Å². The van der Waals surface area contributed by atoms with Crippen LogP contribution in [0.2, 0.25) is 10.0 Å². The van der Waals surface area contributed by atoms with E-state index in [9.17, 15) is 17.3 Å². The SMILES string of the molecule is CCO/C(=C/C=C1\CCCC(/C=C/C(=[O+]CC)c2ccc(Cl)cc2)=C1Cl)c1ccc(Cl)cc1.F[B-](F)(F)F. The summed E-state index contributed by atoms with van der Waals surface area (Å²) in [6, 6.07) is 15.3. The molecule has 0 radical (unpaired) electrons. The van der Waals surface area contributed by atoms with Crippen LogP contribution < -0.4 is 0 Å². The van der Waals surface area contributed by atoms with Crippen molar-refractivity contribution in [3.05, 3.63) is 110 Å². The highest BCUT2D eigenvalue weighted by atomic mass is 35.5. The number of hydrogen-bond donors (Lipinski definition) is 0. The van der Waals surface area contributed by atoms with Crippen molar-refractivity contribution in [1.82, 2.24) is 0 Å². The number of carbonyl (C=O) groups excluding carboxylic acids is 1. The van der Waals surface area contributed by atoms with Gasteiger partial charge in [-0.1, -0.05) is 40.9 Å². The van der Waals surface area contributed by atoms with E-state index in [0.29, 0.717) is 23.3 Å². The van der Waals surface area contributed by atoms with E-state index in [-0.39, 0.29) is 0 Å². The van der Waals surface area contributed by atoms with Crippen LogP contribution in [0.5, 0.6) is 0 Å². The Labute approximate surface area is 236 Å². The zero-order valence-corrected chi connectivity index (χ0v) is 23.3. The molecule has 2 nitrogen and oxygen atoms in total. The van der Waals surface area contributed by atoms with Crippen LogP contribution in [-0.4, -0.2) is 26.3 Å². The van der Waals surface area contributed by atoms with Gasteiger partial charge in [0.2, 0.25) is 0 Å². The first-order chi connectivity index (χ1) is 18.0. The van der Waals surface area contributed by atoms with Gasteiger partial charge >= 0.3 is 13.0 Å². The van der Waals surface area contributed by atoms with Gasteiger partial charge in [-0.25, -0.2) is 0 Å². The number of ether oxygens (including phenoxy) is 1. The Morgan fingerprint density at radius 3 is 1.97 bits per heavy atom. The topological polar surface area (TPSA) is 20.5 Å². The Morgan fingerprint density at radius 2 is 1.45 bits per heavy atom. The maximum Gasteiger partial charge on any atom is 0.673 e. The van der Waals surface area contributed by atoms with Gasteiger partial charge in [0.05, 0.1) is 12.2 Å². The Kier molecular flexibility index (Phi) is 13.2. The minimum Gasteiger partial charge on any atom is -0.493 e. The molecule has 0 saturated heterocycles. The van der Waals surface area contributed by atoms with Crippen LogP contribution in [0.4, 0.5) is 17.3 Å². The molecule has 0 fully saturated rings. The fourth-order valence-corrected chi connectivity index (χ4v) is 4.12. The summed E-state index contributed by atoms with van der Waals surface area (Å²) in [6.45, 7) is 5.10. The summed E-state index contributed by atoms with van der Waals surface area (Å²) in [5.41, 5.74) is 4.15. The van der Waals surface area contributed by atoms with Crippen LogP contribution >= 0.6 is 34.8 Å². The minimum absolute atomic E-state index is 0.579. The predicted molar refractivity (Wildman–Crippen MR) is 152 cm³/mol. The van der Waals surface area contributed by atoms with Crippen molar-refractivity contribution in [2.45, 2.75) is 33.1 Å². The monoisotopic (exact) mass is 588 g/mol. The zero-order valence-electron chi connectivity index (χ0n) is 21.0. The first-order valence-electron chi connectivity index (χ1n) is 12.0. The number of benzene rings is 2. The molecular weight excluding hydrogens is 561 g/mol. The summed E-state index contributed by atoms with van der Waals surface area (Å²) in [7, 11) is -6.00. The van der Waals surface area contributed by atoms with E-state index >= 15 is 0 Å². The average molecular weight is 590 g/mol. The molecule has 2 aromatic rings. The third kappa shape index (κ3) is 11.5. The van der Waals surface area contributed by atoms with E-state index in [2.05, 4.69) is 12.2 Å². The molecule has 1 aliphatic rings. The largest absolute Gasteiger partial charge is 0.673 e. The Hall–Kier alpha value is -2.48. The van der Waals surface area contributed by atoms with Crippen LogP contribution in [0.1, 0.15) is 48.7 Å². The summed E-state index contributed by atoms with van der Waals surface area (Å²) in [5.74, 6) is 1.59. The van der Waals surface area contributed by atoms with Crippen LogP contribution in [0.15, 0.2) is 89.0 Å². The molecule has 3 rings (SSSR count). The molecule has 0 saturated carbocycles. The first kappa shape index (κ1) is 31.7. The zero-order chi connectivity index (χ0) is 28.1. The molecule has 0 N–H and O–H groups in total. The Morgan fingerprint density at radius 1 is 0.895 bits per heavy atom. The van der Waals surface area contributed by atoms with E-state index in [1.807, 2.05) is 74.5 Å². The van der Waals surface area contributed by atoms with Crippen molar-refractivity contribution in [3.8, 4) is 0 Å². The summed E-state index contributed by atoms with van der Waals surface area (Å²) in [4.78, 5) is 0. The molecule has 1 aliphatic carbocycles. The Balaban J connectivity index is 0.000000926. The molecule has 0 amide bonds. The van der Waals surface area contributed by atoms with Gasteiger partial charge < -0.3 is 22.0 Å². The van der Waals surface area contributed by atoms with Gasteiger partial charge in [-0.3, -0.25) is 4.42 Å². The maximum atomic E-state index is 9.75. The van der Waals surface area contributed by atoms with Crippen LogP contribution in [0.25, 0.3) is 5.76 Å². The van der Waals surface area contributed by atoms with E-state index in [1.54, 1.807) is 0 Å². The van der Waals surface area contributed by atoms with E-state index in [0.717, 1.165) is 58.1 Å². The fraction of sp³-hybridized carbons (Fsp3) is 0.250. The number of hydrogen-bond acceptors (Lipinski definition) is 1. The highest BCUT2D eigenvalue weighted by Crippen LogP contribution is 2.34. The van der Waals surface area contributed by atoms with E-state index in [1.165, 1.54) is 0 Å². The second kappa shape index (κ2) is 15.8. The van der Waals surface area contributed by atoms with Crippen molar-refractivity contribution in [2.24, 2.45) is 0 Å². The number of rotatable bonds is 8. The van der Waals surface area contributed by atoms with Crippen molar-refractivity contribution < 1.29 is 26.4 Å². The summed E-state index contributed by atoms with van der Waals surface area (Å²) in [5, 5.41) is 2.18. The summed E-state index contributed by atoms with van der Waals surface area (Å²) >= 11 is 18.9. The summed E-state index contributed by atoms with van der Waals surface area (Å²) in [6.07, 6.45) is 11.0. The average Bonchev–Trinajstić information content (AvgIpc) is 2.86. The molecule has 0 aromatic heterocycles. The van der Waals surface area contributed by atoms with Crippen molar-refractivity contribution in [2.75, 3.05) is 13.2 Å². The number of halogens is 7. The molecule has 2 aromatic carbocycles. The molecular formula is C28H28BCl3F4O2. The van der Waals surface area contributed by atoms with Gasteiger partial charge in [0.25, 0.3) is 6.61 Å². The molecule has 0 unspecified atom stereocenters. The highest BCUT2D eigenvalue weighted by Gasteiger charge is 2.20. The smallest absolute Gasteiger partial charge is 0.493 e. The highest BCUT2D eigenvalue weighted by molar-refractivity contribution is 6.50. The minimum atomic E-state index is -6.00. The van der Waals surface area contributed by atoms with Crippen LogP contribution in [0, 0.1) is 0 Å². The third-order valence-electron chi connectivity index (χ3n) is 5.19. The van der Waals surface area contributed by atoms with Gasteiger partial charge in [-0.15, -0.1) is 0 Å². The molecule has 0 aliphatic heterocycles. The molecule has 10 heteroatoms. The van der Waals surface area contributed by atoms with Crippen molar-refractivity contribution >= 4 is 53.6 Å². The summed E-state index contributed by atoms with van der Waals surface area (Å²) < 4.78 is 50.7. The van der Waals surface area contributed by atoms with E-state index in [4.69, 9.17) is 44.0 Å². The molecule has 0 heterocycles. The lowest BCUT2D eigenvalue weighted by molar-refractivity contribution is -0.261. The Bertz CT molecular complexity index is 1190.